The van der Waals surface area contributed by atoms with Crippen LogP contribution in [0.25, 0.3) is 10.9 Å². The second-order valence-electron chi connectivity index (χ2n) is 6.89. The summed E-state index contributed by atoms with van der Waals surface area (Å²) in [6.45, 7) is 2.37. The first kappa shape index (κ1) is 15.6. The second-order valence-corrected chi connectivity index (χ2v) is 7.79. The second kappa shape index (κ2) is 5.97. The van der Waals surface area contributed by atoms with E-state index in [9.17, 15) is 10.1 Å². The number of fused-ring (bicyclic) bond motifs is 3. The number of anilines is 1. The number of benzene rings is 1. The van der Waals surface area contributed by atoms with Crippen LogP contribution in [0.4, 0.5) is 5.00 Å². The van der Waals surface area contributed by atoms with Crippen LogP contribution in [0.1, 0.15) is 23.2 Å². The molecule has 0 aliphatic carbocycles. The zero-order chi connectivity index (χ0) is 17.7. The Kier molecular flexibility index (Phi) is 3.59. The van der Waals surface area contributed by atoms with Gasteiger partial charge < -0.3 is 9.88 Å². The van der Waals surface area contributed by atoms with E-state index in [2.05, 4.69) is 34.2 Å². The predicted molar refractivity (Wildman–Crippen MR) is 102 cm³/mol. The molecule has 1 fully saturated rings. The van der Waals surface area contributed by atoms with Gasteiger partial charge >= 0.3 is 0 Å². The number of hydrogen-bond donors (Lipinski definition) is 1. The summed E-state index contributed by atoms with van der Waals surface area (Å²) in [4.78, 5) is 20.7. The summed E-state index contributed by atoms with van der Waals surface area (Å²) in [5.41, 5.74) is 4.40. The van der Waals surface area contributed by atoms with E-state index in [1.54, 1.807) is 11.0 Å². The molecule has 2 aliphatic heterocycles. The number of aromatic nitrogens is 1. The molecule has 6 heteroatoms. The fraction of sp³-hybridized carbons (Fsp3) is 0.300. The van der Waals surface area contributed by atoms with E-state index in [4.69, 9.17) is 0 Å². The molecule has 2 aliphatic rings. The van der Waals surface area contributed by atoms with Crippen molar-refractivity contribution in [3.05, 3.63) is 52.5 Å². The molecule has 0 spiro atoms. The first-order valence-electron chi connectivity index (χ1n) is 8.88. The minimum atomic E-state index is -0.0943. The van der Waals surface area contributed by atoms with Crippen LogP contribution < -0.4 is 4.90 Å². The van der Waals surface area contributed by atoms with Crippen molar-refractivity contribution in [3.63, 3.8) is 0 Å². The number of nitrogens with one attached hydrogen (secondary N) is 1. The van der Waals surface area contributed by atoms with Crippen LogP contribution >= 0.6 is 11.3 Å². The molecule has 26 heavy (non-hydrogen) atoms. The highest BCUT2D eigenvalue weighted by atomic mass is 32.1. The van der Waals surface area contributed by atoms with Crippen molar-refractivity contribution in [2.24, 2.45) is 0 Å². The quantitative estimate of drug-likeness (QED) is 0.761. The first-order valence-corrected chi connectivity index (χ1v) is 9.75. The van der Waals surface area contributed by atoms with Crippen LogP contribution in [-0.4, -0.2) is 34.9 Å². The monoisotopic (exact) mass is 362 g/mol. The van der Waals surface area contributed by atoms with Gasteiger partial charge in [-0.25, -0.2) is 0 Å². The summed E-state index contributed by atoms with van der Waals surface area (Å²) < 4.78 is 0. The lowest BCUT2D eigenvalue weighted by Gasteiger charge is -2.31. The molecule has 0 radical (unpaired) electrons. The Morgan fingerprint density at radius 3 is 3.00 bits per heavy atom. The van der Waals surface area contributed by atoms with Crippen molar-refractivity contribution in [2.45, 2.75) is 25.4 Å². The average molecular weight is 362 g/mol. The Bertz CT molecular complexity index is 1040. The minimum absolute atomic E-state index is 0.0943. The Morgan fingerprint density at radius 1 is 1.23 bits per heavy atom. The number of amides is 1. The molecule has 4 heterocycles. The summed E-state index contributed by atoms with van der Waals surface area (Å²) >= 11 is 1.47. The number of nitriles is 1. The maximum absolute atomic E-state index is 13.0. The summed E-state index contributed by atoms with van der Waals surface area (Å²) in [5.74, 6) is 0.128. The molecule has 1 amide bonds. The lowest BCUT2D eigenvalue weighted by molar-refractivity contribution is -0.121. The van der Waals surface area contributed by atoms with Crippen LogP contribution in [0.5, 0.6) is 0 Å². The summed E-state index contributed by atoms with van der Waals surface area (Å²) in [6, 6.07) is 12.3. The van der Waals surface area contributed by atoms with Crippen molar-refractivity contribution >= 4 is 33.1 Å². The van der Waals surface area contributed by atoms with E-state index in [-0.39, 0.29) is 11.9 Å². The SMILES string of the molecule is N#Cc1ccsc1N1CCC(N2CCc3c([nH]c4ccccc34)C2)C1=O. The highest BCUT2D eigenvalue weighted by Gasteiger charge is 2.39. The molecule has 5 nitrogen and oxygen atoms in total. The van der Waals surface area contributed by atoms with Crippen molar-refractivity contribution in [3.8, 4) is 6.07 Å². The topological polar surface area (TPSA) is 63.1 Å². The van der Waals surface area contributed by atoms with Gasteiger partial charge in [-0.15, -0.1) is 11.3 Å². The van der Waals surface area contributed by atoms with E-state index in [0.29, 0.717) is 12.1 Å². The Morgan fingerprint density at radius 2 is 2.12 bits per heavy atom. The van der Waals surface area contributed by atoms with Gasteiger partial charge in [0.2, 0.25) is 5.91 Å². The highest BCUT2D eigenvalue weighted by Crippen LogP contribution is 2.34. The number of aromatic amines is 1. The molecule has 2 aromatic heterocycles. The van der Waals surface area contributed by atoms with Crippen LogP contribution in [0.2, 0.25) is 0 Å². The molecule has 1 atom stereocenters. The maximum atomic E-state index is 13.0. The largest absolute Gasteiger partial charge is 0.357 e. The molecule has 1 unspecified atom stereocenters. The van der Waals surface area contributed by atoms with E-state index < -0.39 is 0 Å². The van der Waals surface area contributed by atoms with E-state index in [1.807, 2.05) is 11.4 Å². The lowest BCUT2D eigenvalue weighted by Crippen LogP contribution is -2.44. The fourth-order valence-electron chi connectivity index (χ4n) is 4.28. The zero-order valence-corrected chi connectivity index (χ0v) is 15.1. The number of hydrogen-bond acceptors (Lipinski definition) is 4. The number of carbonyl (C=O) groups excluding carboxylic acids is 1. The normalized spacial score (nSPS) is 20.5. The maximum Gasteiger partial charge on any atom is 0.245 e. The molecule has 5 rings (SSSR count). The van der Waals surface area contributed by atoms with Crippen molar-refractivity contribution in [1.29, 1.82) is 5.26 Å². The molecule has 1 aromatic carbocycles. The molecule has 0 saturated carbocycles. The predicted octanol–water partition coefficient (Wildman–Crippen LogP) is 3.26. The van der Waals surface area contributed by atoms with Crippen molar-refractivity contribution < 1.29 is 4.79 Å². The van der Waals surface area contributed by atoms with E-state index in [1.165, 1.54) is 33.5 Å². The Balaban J connectivity index is 1.40. The molecular weight excluding hydrogens is 344 g/mol. The van der Waals surface area contributed by atoms with Gasteiger partial charge in [-0.3, -0.25) is 9.69 Å². The lowest BCUT2D eigenvalue weighted by atomic mass is 10.0. The molecule has 3 aromatic rings. The molecule has 1 saturated heterocycles. The van der Waals surface area contributed by atoms with Crippen LogP contribution in [0, 0.1) is 11.3 Å². The highest BCUT2D eigenvalue weighted by molar-refractivity contribution is 7.14. The molecular formula is C20H18N4OS. The van der Waals surface area contributed by atoms with E-state index in [0.717, 1.165) is 30.9 Å². The Hall–Kier alpha value is -2.62. The third-order valence-corrected chi connectivity index (χ3v) is 6.48. The average Bonchev–Trinajstić information content (AvgIpc) is 3.36. The fourth-order valence-corrected chi connectivity index (χ4v) is 5.16. The van der Waals surface area contributed by atoms with Gasteiger partial charge in [0.1, 0.15) is 11.1 Å². The van der Waals surface area contributed by atoms with Gasteiger partial charge in [-0.1, -0.05) is 18.2 Å². The first-order chi connectivity index (χ1) is 12.8. The molecule has 0 bridgehead atoms. The van der Waals surface area contributed by atoms with Crippen LogP contribution in [0.15, 0.2) is 35.7 Å². The van der Waals surface area contributed by atoms with Crippen molar-refractivity contribution in [1.82, 2.24) is 9.88 Å². The van der Waals surface area contributed by atoms with Crippen LogP contribution in [-0.2, 0) is 17.8 Å². The van der Waals surface area contributed by atoms with E-state index >= 15 is 0 Å². The number of thiophene rings is 1. The third kappa shape index (κ3) is 2.28. The summed E-state index contributed by atoms with van der Waals surface area (Å²) in [7, 11) is 0. The number of H-pyrrole nitrogens is 1. The van der Waals surface area contributed by atoms with Gasteiger partial charge in [0.05, 0.1) is 11.6 Å². The van der Waals surface area contributed by atoms with Crippen molar-refractivity contribution in [2.75, 3.05) is 18.0 Å². The van der Waals surface area contributed by atoms with Crippen LogP contribution in [0.3, 0.4) is 0 Å². The number of carbonyl (C=O) groups is 1. The van der Waals surface area contributed by atoms with Gasteiger partial charge in [-0.2, -0.15) is 5.26 Å². The zero-order valence-electron chi connectivity index (χ0n) is 14.2. The van der Waals surface area contributed by atoms with Gasteiger partial charge in [0.15, 0.2) is 0 Å². The van der Waals surface area contributed by atoms with Gasteiger partial charge in [-0.05, 0) is 35.9 Å². The standard InChI is InChI=1S/C20H18N4OS/c21-11-13-7-10-26-20(13)24-9-6-18(19(24)25)23-8-5-15-14-3-1-2-4-16(14)22-17(15)12-23/h1-4,7,10,18,22H,5-6,8-9,12H2. The minimum Gasteiger partial charge on any atom is -0.357 e. The van der Waals surface area contributed by atoms with Gasteiger partial charge in [0, 0.05) is 36.2 Å². The summed E-state index contributed by atoms with van der Waals surface area (Å²) in [6.07, 6.45) is 1.78. The number of nitrogens with zero attached hydrogens (tertiary/aromatic N) is 3. The third-order valence-electron chi connectivity index (χ3n) is 5.54. The molecule has 130 valence electrons. The Labute approximate surface area is 155 Å². The number of rotatable bonds is 2. The molecule has 1 N–H and O–H groups in total. The number of para-hydroxylation sites is 1. The smallest absolute Gasteiger partial charge is 0.245 e. The summed E-state index contributed by atoms with van der Waals surface area (Å²) in [5, 5.41) is 13.2. The van der Waals surface area contributed by atoms with Gasteiger partial charge in [0.25, 0.3) is 0 Å².